The molecule has 0 spiro atoms. The standard InChI is InChI=1S/C13H17BrN4O/c14-13-11(3-6-15)16-12-2-1-10(17-18(12)13)9-4-7-19-8-5-9/h1-2,9H,3-8,15H2. The third kappa shape index (κ3) is 2.52. The van der Waals surface area contributed by atoms with Gasteiger partial charge in [0.15, 0.2) is 5.65 Å². The molecule has 2 N–H and O–H groups in total. The smallest absolute Gasteiger partial charge is 0.155 e. The van der Waals surface area contributed by atoms with Gasteiger partial charge in [-0.1, -0.05) is 0 Å². The van der Waals surface area contributed by atoms with E-state index in [-0.39, 0.29) is 0 Å². The van der Waals surface area contributed by atoms with Gasteiger partial charge in [-0.15, -0.1) is 0 Å². The van der Waals surface area contributed by atoms with Gasteiger partial charge in [-0.2, -0.15) is 5.10 Å². The Morgan fingerprint density at radius 1 is 1.37 bits per heavy atom. The van der Waals surface area contributed by atoms with Crippen LogP contribution in [0.25, 0.3) is 5.65 Å². The third-order valence-electron chi connectivity index (χ3n) is 3.53. The van der Waals surface area contributed by atoms with E-state index in [0.29, 0.717) is 12.5 Å². The lowest BCUT2D eigenvalue weighted by atomic mass is 9.96. The molecule has 2 aromatic heterocycles. The van der Waals surface area contributed by atoms with Crippen molar-refractivity contribution in [2.24, 2.45) is 5.73 Å². The quantitative estimate of drug-likeness (QED) is 0.936. The predicted octanol–water partition coefficient (Wildman–Crippen LogP) is 1.89. The summed E-state index contributed by atoms with van der Waals surface area (Å²) in [5, 5.41) is 4.71. The van der Waals surface area contributed by atoms with Gasteiger partial charge < -0.3 is 10.5 Å². The highest BCUT2D eigenvalue weighted by atomic mass is 79.9. The lowest BCUT2D eigenvalue weighted by Gasteiger charge is -2.21. The van der Waals surface area contributed by atoms with Gasteiger partial charge in [0, 0.05) is 25.6 Å². The zero-order valence-corrected chi connectivity index (χ0v) is 12.3. The van der Waals surface area contributed by atoms with Gasteiger partial charge in [0.05, 0.1) is 11.4 Å². The van der Waals surface area contributed by atoms with Crippen molar-refractivity contribution >= 4 is 21.6 Å². The molecule has 3 rings (SSSR count). The summed E-state index contributed by atoms with van der Waals surface area (Å²) in [4.78, 5) is 4.54. The molecule has 1 saturated heterocycles. The zero-order chi connectivity index (χ0) is 13.2. The summed E-state index contributed by atoms with van der Waals surface area (Å²) in [7, 11) is 0. The Hall–Kier alpha value is -0.980. The molecule has 5 nitrogen and oxygen atoms in total. The number of aromatic nitrogens is 3. The number of fused-ring (bicyclic) bond motifs is 1. The van der Waals surface area contributed by atoms with Crippen LogP contribution in [-0.4, -0.2) is 34.4 Å². The molecule has 0 radical (unpaired) electrons. The summed E-state index contributed by atoms with van der Waals surface area (Å²) in [5.41, 5.74) is 8.55. The van der Waals surface area contributed by atoms with E-state index in [2.05, 4.69) is 27.0 Å². The molecule has 6 heteroatoms. The number of hydrogen-bond donors (Lipinski definition) is 1. The Bertz CT molecular complexity index is 577. The predicted molar refractivity (Wildman–Crippen MR) is 76.2 cm³/mol. The first-order valence-corrected chi connectivity index (χ1v) is 7.41. The average Bonchev–Trinajstić information content (AvgIpc) is 2.77. The molecule has 0 aromatic carbocycles. The number of hydrogen-bond acceptors (Lipinski definition) is 4. The second-order valence-corrected chi connectivity index (χ2v) is 5.55. The third-order valence-corrected chi connectivity index (χ3v) is 4.32. The fourth-order valence-corrected chi connectivity index (χ4v) is 3.02. The number of halogens is 1. The van der Waals surface area contributed by atoms with Crippen LogP contribution in [0, 0.1) is 0 Å². The van der Waals surface area contributed by atoms with Crippen molar-refractivity contribution in [1.29, 1.82) is 0 Å². The lowest BCUT2D eigenvalue weighted by Crippen LogP contribution is -2.16. The molecule has 2 aromatic rings. The SMILES string of the molecule is NCCc1nc2ccc(C3CCOCC3)nn2c1Br. The highest BCUT2D eigenvalue weighted by Gasteiger charge is 2.19. The summed E-state index contributed by atoms with van der Waals surface area (Å²) in [6, 6.07) is 4.11. The van der Waals surface area contributed by atoms with Crippen LogP contribution in [-0.2, 0) is 11.2 Å². The maximum absolute atomic E-state index is 5.59. The highest BCUT2D eigenvalue weighted by Crippen LogP contribution is 2.26. The summed E-state index contributed by atoms with van der Waals surface area (Å²) < 4.78 is 8.19. The van der Waals surface area contributed by atoms with Gasteiger partial charge >= 0.3 is 0 Å². The molecule has 1 fully saturated rings. The van der Waals surface area contributed by atoms with E-state index in [9.17, 15) is 0 Å². The second-order valence-electron chi connectivity index (χ2n) is 4.80. The monoisotopic (exact) mass is 324 g/mol. The van der Waals surface area contributed by atoms with Crippen molar-refractivity contribution in [1.82, 2.24) is 14.6 Å². The minimum atomic E-state index is 0.491. The Labute approximate surface area is 120 Å². The van der Waals surface area contributed by atoms with E-state index in [1.54, 1.807) is 0 Å². The van der Waals surface area contributed by atoms with Crippen molar-refractivity contribution in [2.45, 2.75) is 25.2 Å². The molecule has 0 amide bonds. The van der Waals surface area contributed by atoms with Gasteiger partial charge in [-0.3, -0.25) is 0 Å². The maximum atomic E-state index is 5.59. The van der Waals surface area contributed by atoms with Gasteiger partial charge in [0.25, 0.3) is 0 Å². The fraction of sp³-hybridized carbons (Fsp3) is 0.538. The number of nitrogens with two attached hydrogens (primary N) is 1. The second kappa shape index (κ2) is 5.56. The van der Waals surface area contributed by atoms with Gasteiger partial charge in [0.2, 0.25) is 0 Å². The largest absolute Gasteiger partial charge is 0.381 e. The van der Waals surface area contributed by atoms with Crippen LogP contribution in [0.1, 0.15) is 30.1 Å². The highest BCUT2D eigenvalue weighted by molar-refractivity contribution is 9.10. The lowest BCUT2D eigenvalue weighted by molar-refractivity contribution is 0.0842. The Morgan fingerprint density at radius 2 is 2.16 bits per heavy atom. The van der Waals surface area contributed by atoms with Crippen molar-refractivity contribution < 1.29 is 4.74 Å². The first-order valence-electron chi connectivity index (χ1n) is 6.61. The van der Waals surface area contributed by atoms with E-state index >= 15 is 0 Å². The molecular weight excluding hydrogens is 308 g/mol. The molecule has 0 aliphatic carbocycles. The molecule has 19 heavy (non-hydrogen) atoms. The van der Waals surface area contributed by atoms with Gasteiger partial charge in [0.1, 0.15) is 4.60 Å². The topological polar surface area (TPSA) is 65.4 Å². The maximum Gasteiger partial charge on any atom is 0.155 e. The Morgan fingerprint density at radius 3 is 2.89 bits per heavy atom. The van der Waals surface area contributed by atoms with Gasteiger partial charge in [-0.25, -0.2) is 9.50 Å². The molecule has 3 heterocycles. The van der Waals surface area contributed by atoms with E-state index < -0.39 is 0 Å². The van der Waals surface area contributed by atoms with Gasteiger partial charge in [-0.05, 0) is 47.4 Å². The summed E-state index contributed by atoms with van der Waals surface area (Å²) in [6.07, 6.45) is 2.84. The summed E-state index contributed by atoms with van der Waals surface area (Å²) in [5.74, 6) is 0.491. The molecule has 0 unspecified atom stereocenters. The molecule has 0 saturated carbocycles. The van der Waals surface area contributed by atoms with E-state index in [1.807, 2.05) is 10.6 Å². The number of nitrogens with zero attached hydrogens (tertiary/aromatic N) is 3. The van der Waals surface area contributed by atoms with Crippen molar-refractivity contribution in [3.8, 4) is 0 Å². The van der Waals surface area contributed by atoms with Crippen LogP contribution in [0.15, 0.2) is 16.7 Å². The average molecular weight is 325 g/mol. The van der Waals surface area contributed by atoms with E-state index in [4.69, 9.17) is 15.6 Å². The van der Waals surface area contributed by atoms with Crippen LogP contribution in [0.5, 0.6) is 0 Å². The molecule has 102 valence electrons. The van der Waals surface area contributed by atoms with Crippen LogP contribution in [0.3, 0.4) is 0 Å². The molecule has 1 aliphatic heterocycles. The number of ether oxygens (including phenoxy) is 1. The van der Waals surface area contributed by atoms with Crippen LogP contribution in [0.4, 0.5) is 0 Å². The fourth-order valence-electron chi connectivity index (χ4n) is 2.47. The van der Waals surface area contributed by atoms with Crippen molar-refractivity contribution in [2.75, 3.05) is 19.8 Å². The molecule has 0 atom stereocenters. The van der Waals surface area contributed by atoms with Crippen LogP contribution in [0.2, 0.25) is 0 Å². The Balaban J connectivity index is 1.97. The van der Waals surface area contributed by atoms with Crippen molar-refractivity contribution in [3.05, 3.63) is 28.1 Å². The zero-order valence-electron chi connectivity index (χ0n) is 10.7. The number of rotatable bonds is 3. The first kappa shape index (κ1) is 13.0. The number of imidazole rings is 1. The molecule has 1 aliphatic rings. The summed E-state index contributed by atoms with van der Waals surface area (Å²) >= 11 is 3.57. The van der Waals surface area contributed by atoms with Crippen LogP contribution >= 0.6 is 15.9 Å². The van der Waals surface area contributed by atoms with Crippen molar-refractivity contribution in [3.63, 3.8) is 0 Å². The van der Waals surface area contributed by atoms with E-state index in [1.165, 1.54) is 0 Å². The first-order chi connectivity index (χ1) is 9.29. The van der Waals surface area contributed by atoms with Crippen LogP contribution < -0.4 is 5.73 Å². The minimum absolute atomic E-state index is 0.491. The molecule has 0 bridgehead atoms. The minimum Gasteiger partial charge on any atom is -0.381 e. The summed E-state index contributed by atoms with van der Waals surface area (Å²) in [6.45, 7) is 2.25. The van der Waals surface area contributed by atoms with E-state index in [0.717, 1.165) is 54.1 Å². The molecular formula is C13H17BrN4O. The normalized spacial score (nSPS) is 17.2. The Kier molecular flexibility index (Phi) is 3.81.